The number of rotatable bonds is 37. The minimum absolute atomic E-state index is 0.0308. The maximum Gasteiger partial charge on any atom is 0.472 e. The van der Waals surface area contributed by atoms with Gasteiger partial charge in [0.1, 0.15) is 6.61 Å². The third-order valence-electron chi connectivity index (χ3n) is 8.66. The Morgan fingerprint density at radius 3 is 1.59 bits per heavy atom. The quantitative estimate of drug-likeness (QED) is 0.0204. The molecule has 0 aromatic heterocycles. The van der Waals surface area contributed by atoms with Crippen molar-refractivity contribution in [3.63, 3.8) is 0 Å². The van der Waals surface area contributed by atoms with Crippen molar-refractivity contribution in [2.24, 2.45) is 5.73 Å². The minimum Gasteiger partial charge on any atom is -0.462 e. The lowest BCUT2D eigenvalue weighted by Gasteiger charge is -2.19. The number of allylic oxidation sites excluding steroid dienone is 12. The molecule has 1 heterocycles. The van der Waals surface area contributed by atoms with Crippen molar-refractivity contribution in [1.29, 1.82) is 0 Å². The zero-order chi connectivity index (χ0) is 40.8. The third kappa shape index (κ3) is 33.3. The van der Waals surface area contributed by atoms with Crippen LogP contribution in [0.5, 0.6) is 0 Å². The van der Waals surface area contributed by atoms with Gasteiger partial charge in [-0.25, -0.2) is 4.57 Å². The van der Waals surface area contributed by atoms with Crippen LogP contribution in [0.1, 0.15) is 142 Å². The molecule has 0 aromatic rings. The van der Waals surface area contributed by atoms with Crippen molar-refractivity contribution in [3.8, 4) is 0 Å². The number of nitrogens with two attached hydrogens (primary N) is 1. The van der Waals surface area contributed by atoms with Crippen LogP contribution in [0.25, 0.3) is 0 Å². The standard InChI is InChI=1S/C45H74NO9P/c1-3-5-7-9-11-12-13-14-15-16-17-18-19-20-23-28-32-36-45(48)54-41(40-53-56(49,50)52-38-37-46)39-51-44(47)35-31-27-24-21-22-26-30-34-43-42(55-43)33-29-25-10-8-6-4-2/h11-12,14-15,17-18,20-21,23-26,29-30,41-43H,3-10,13,16,19,22,27-28,31-40,46H2,1-2H3,(H,49,50)/b12-11-,15-14-,18-17-,23-20-,24-21-,29-25-,30-26-/t41-,42?,43?/m1/s1. The van der Waals surface area contributed by atoms with Gasteiger partial charge in [-0.1, -0.05) is 125 Å². The van der Waals surface area contributed by atoms with Crippen LogP contribution in [0.15, 0.2) is 85.1 Å². The Bertz CT molecular complexity index is 1260. The molecule has 0 radical (unpaired) electrons. The smallest absolute Gasteiger partial charge is 0.462 e. The van der Waals surface area contributed by atoms with E-state index in [0.717, 1.165) is 51.4 Å². The molecule has 11 heteroatoms. The molecule has 318 valence electrons. The molecule has 1 rings (SSSR count). The first-order valence-corrected chi connectivity index (χ1v) is 22.7. The van der Waals surface area contributed by atoms with E-state index in [2.05, 4.69) is 86.8 Å². The van der Waals surface area contributed by atoms with E-state index in [4.69, 9.17) is 29.0 Å². The Kier molecular flexibility index (Phi) is 33.3. The van der Waals surface area contributed by atoms with E-state index in [1.165, 1.54) is 38.5 Å². The van der Waals surface area contributed by atoms with Crippen LogP contribution in [-0.2, 0) is 37.4 Å². The van der Waals surface area contributed by atoms with Gasteiger partial charge in [0.25, 0.3) is 0 Å². The first-order chi connectivity index (χ1) is 27.3. The monoisotopic (exact) mass is 804 g/mol. The van der Waals surface area contributed by atoms with E-state index in [1.807, 2.05) is 12.2 Å². The van der Waals surface area contributed by atoms with Crippen molar-refractivity contribution in [2.45, 2.75) is 161 Å². The van der Waals surface area contributed by atoms with Gasteiger partial charge in [-0.3, -0.25) is 18.6 Å². The van der Waals surface area contributed by atoms with E-state index >= 15 is 0 Å². The predicted octanol–water partition coefficient (Wildman–Crippen LogP) is 11.0. The van der Waals surface area contributed by atoms with Gasteiger partial charge >= 0.3 is 19.8 Å². The molecule has 1 aliphatic heterocycles. The number of carbonyl (C=O) groups is 2. The summed E-state index contributed by atoms with van der Waals surface area (Å²) in [6.07, 6.45) is 48.0. The SMILES string of the molecule is CCCCC/C=C\C/C=C\C/C=C\C/C=C\CCCC(=O)O[C@H](COC(=O)CCC/C=C\C/C=C\CC1OC1C/C=C\CCCCC)COP(=O)(O)OCCN. The van der Waals surface area contributed by atoms with Gasteiger partial charge in [0.15, 0.2) is 6.10 Å². The fourth-order valence-electron chi connectivity index (χ4n) is 5.36. The lowest BCUT2D eigenvalue weighted by atomic mass is 10.1. The molecule has 3 N–H and O–H groups in total. The van der Waals surface area contributed by atoms with Crippen LogP contribution in [0.2, 0.25) is 0 Å². The molecule has 56 heavy (non-hydrogen) atoms. The molecule has 0 amide bonds. The molecular formula is C45H74NO9P. The summed E-state index contributed by atoms with van der Waals surface area (Å²) < 4.78 is 38.4. The fraction of sp³-hybridized carbons (Fsp3) is 0.644. The molecule has 3 unspecified atom stereocenters. The van der Waals surface area contributed by atoms with Crippen LogP contribution < -0.4 is 5.73 Å². The van der Waals surface area contributed by atoms with Gasteiger partial charge < -0.3 is 24.8 Å². The summed E-state index contributed by atoms with van der Waals surface area (Å²) in [5.41, 5.74) is 5.34. The average molecular weight is 804 g/mol. The number of carbonyl (C=O) groups excluding carboxylic acids is 2. The number of esters is 2. The fourth-order valence-corrected chi connectivity index (χ4v) is 6.13. The van der Waals surface area contributed by atoms with E-state index in [-0.39, 0.29) is 32.6 Å². The number of hydrogen-bond donors (Lipinski definition) is 2. The maximum absolute atomic E-state index is 12.6. The number of phosphoric acid groups is 1. The lowest BCUT2D eigenvalue weighted by molar-refractivity contribution is -0.161. The van der Waals surface area contributed by atoms with Crippen molar-refractivity contribution in [3.05, 3.63) is 85.1 Å². The van der Waals surface area contributed by atoms with Crippen LogP contribution in [0.3, 0.4) is 0 Å². The van der Waals surface area contributed by atoms with Crippen molar-refractivity contribution >= 4 is 19.8 Å². The van der Waals surface area contributed by atoms with E-state index in [1.54, 1.807) is 0 Å². The topological polar surface area (TPSA) is 147 Å². The van der Waals surface area contributed by atoms with Gasteiger partial charge in [-0.05, 0) is 89.9 Å². The summed E-state index contributed by atoms with van der Waals surface area (Å²) in [6, 6.07) is 0. The normalized spacial score (nSPS) is 17.8. The summed E-state index contributed by atoms with van der Waals surface area (Å²) in [4.78, 5) is 34.8. The Balaban J connectivity index is 2.29. The van der Waals surface area contributed by atoms with E-state index in [9.17, 15) is 19.0 Å². The zero-order valence-corrected chi connectivity index (χ0v) is 35.4. The minimum atomic E-state index is -4.41. The van der Waals surface area contributed by atoms with Crippen molar-refractivity contribution in [2.75, 3.05) is 26.4 Å². The highest BCUT2D eigenvalue weighted by Crippen LogP contribution is 2.43. The largest absolute Gasteiger partial charge is 0.472 e. The molecule has 1 fully saturated rings. The second kappa shape index (κ2) is 36.5. The molecule has 1 saturated heterocycles. The molecule has 1 aliphatic rings. The first kappa shape index (κ1) is 51.2. The van der Waals surface area contributed by atoms with Crippen molar-refractivity contribution in [1.82, 2.24) is 0 Å². The van der Waals surface area contributed by atoms with Gasteiger partial charge in [-0.2, -0.15) is 0 Å². The first-order valence-electron chi connectivity index (χ1n) is 21.2. The zero-order valence-electron chi connectivity index (χ0n) is 34.5. The molecule has 10 nitrogen and oxygen atoms in total. The van der Waals surface area contributed by atoms with Crippen LogP contribution >= 0.6 is 7.82 Å². The van der Waals surface area contributed by atoms with Gasteiger partial charge in [-0.15, -0.1) is 0 Å². The molecule has 0 spiro atoms. The highest BCUT2D eigenvalue weighted by atomic mass is 31.2. The number of epoxide rings is 1. The summed E-state index contributed by atoms with van der Waals surface area (Å²) in [5.74, 6) is -0.976. The predicted molar refractivity (Wildman–Crippen MR) is 228 cm³/mol. The van der Waals surface area contributed by atoms with Gasteiger partial charge in [0, 0.05) is 19.4 Å². The number of ether oxygens (including phenoxy) is 3. The third-order valence-corrected chi connectivity index (χ3v) is 9.64. The van der Waals surface area contributed by atoms with Crippen LogP contribution in [0, 0.1) is 0 Å². The molecule has 0 saturated carbocycles. The highest BCUT2D eigenvalue weighted by molar-refractivity contribution is 7.47. The second-order valence-corrected chi connectivity index (χ2v) is 15.3. The van der Waals surface area contributed by atoms with Crippen LogP contribution in [-0.4, -0.2) is 61.5 Å². The molecule has 0 aromatic carbocycles. The Labute approximate surface area is 339 Å². The lowest BCUT2D eigenvalue weighted by Crippen LogP contribution is -2.29. The molecule has 0 aliphatic carbocycles. The second-order valence-electron chi connectivity index (χ2n) is 13.9. The Morgan fingerprint density at radius 1 is 0.625 bits per heavy atom. The highest BCUT2D eigenvalue weighted by Gasteiger charge is 2.36. The van der Waals surface area contributed by atoms with Gasteiger partial charge in [0.2, 0.25) is 0 Å². The number of hydrogen-bond acceptors (Lipinski definition) is 9. The summed E-state index contributed by atoms with van der Waals surface area (Å²) in [6.45, 7) is 3.51. The summed E-state index contributed by atoms with van der Waals surface area (Å²) in [5, 5.41) is 0. The Hall–Kier alpha value is -2.85. The number of unbranched alkanes of at least 4 members (excludes halogenated alkanes) is 8. The molecule has 0 bridgehead atoms. The van der Waals surface area contributed by atoms with E-state index < -0.39 is 32.5 Å². The number of phosphoric ester groups is 1. The van der Waals surface area contributed by atoms with Crippen LogP contribution in [0.4, 0.5) is 0 Å². The van der Waals surface area contributed by atoms with Crippen molar-refractivity contribution < 1.29 is 42.3 Å². The molecular weight excluding hydrogens is 729 g/mol. The summed E-state index contributed by atoms with van der Waals surface area (Å²) in [7, 11) is -4.41. The Morgan fingerprint density at radius 2 is 1.07 bits per heavy atom. The average Bonchev–Trinajstić information content (AvgIpc) is 3.94. The van der Waals surface area contributed by atoms with E-state index in [0.29, 0.717) is 37.9 Å². The van der Waals surface area contributed by atoms with Gasteiger partial charge in [0.05, 0.1) is 25.4 Å². The summed E-state index contributed by atoms with van der Waals surface area (Å²) >= 11 is 0. The molecule has 4 atom stereocenters. The maximum atomic E-state index is 12.6.